The summed E-state index contributed by atoms with van der Waals surface area (Å²) in [6.07, 6.45) is 10.6. The van der Waals surface area contributed by atoms with Crippen LogP contribution in [-0.2, 0) is 0 Å². The highest BCUT2D eigenvalue weighted by atomic mass is 15.2. The van der Waals surface area contributed by atoms with Gasteiger partial charge in [0, 0.05) is 23.5 Å². The summed E-state index contributed by atoms with van der Waals surface area (Å²) in [5, 5.41) is 3.49. The van der Waals surface area contributed by atoms with Gasteiger partial charge in [-0.15, -0.1) is 0 Å². The molecule has 1 N–H and O–H groups in total. The van der Waals surface area contributed by atoms with Crippen LogP contribution < -0.4 is 5.32 Å². The number of nitrogens with zero attached hydrogens (tertiary/aromatic N) is 3. The van der Waals surface area contributed by atoms with Crippen molar-refractivity contribution in [3.05, 3.63) is 24.3 Å². The lowest BCUT2D eigenvalue weighted by atomic mass is 9.82. The van der Waals surface area contributed by atoms with Crippen molar-refractivity contribution in [3.8, 4) is 0 Å². The Morgan fingerprint density at radius 2 is 1.89 bits per heavy atom. The molecule has 4 nitrogen and oxygen atoms in total. The molecule has 0 spiro atoms. The first kappa shape index (κ1) is 14.4. The van der Waals surface area contributed by atoms with E-state index in [0.29, 0.717) is 0 Å². The molecule has 19 heavy (non-hydrogen) atoms. The Kier molecular flexibility index (Phi) is 4.88. The first-order chi connectivity index (χ1) is 9.22. The Labute approximate surface area is 116 Å². The molecule has 0 aliphatic carbocycles. The standard InChI is InChI=1S/C15H26N4/c1-4-15(2,19-8-6-5-7-9-19)14(16-3)13-10-17-12-18-11-13/h10-12,14,16H,4-9H2,1-3H3. The third-order valence-electron chi connectivity index (χ3n) is 4.62. The quantitative estimate of drug-likeness (QED) is 0.884. The van der Waals surface area contributed by atoms with E-state index in [-0.39, 0.29) is 11.6 Å². The van der Waals surface area contributed by atoms with Crippen molar-refractivity contribution in [2.45, 2.75) is 51.1 Å². The Morgan fingerprint density at radius 3 is 2.42 bits per heavy atom. The van der Waals surface area contributed by atoms with Gasteiger partial charge in [0.1, 0.15) is 6.33 Å². The van der Waals surface area contributed by atoms with Crippen LogP contribution in [0.3, 0.4) is 0 Å². The minimum Gasteiger partial charge on any atom is -0.311 e. The van der Waals surface area contributed by atoms with E-state index in [1.54, 1.807) is 6.33 Å². The van der Waals surface area contributed by atoms with E-state index >= 15 is 0 Å². The Morgan fingerprint density at radius 1 is 1.26 bits per heavy atom. The fourth-order valence-electron chi connectivity index (χ4n) is 3.31. The molecular formula is C15H26N4. The molecule has 2 atom stereocenters. The number of hydrogen-bond donors (Lipinski definition) is 1. The van der Waals surface area contributed by atoms with Gasteiger partial charge in [-0.3, -0.25) is 4.90 Å². The van der Waals surface area contributed by atoms with Crippen LogP contribution in [0.25, 0.3) is 0 Å². The van der Waals surface area contributed by atoms with Crippen molar-refractivity contribution >= 4 is 0 Å². The summed E-state index contributed by atoms with van der Waals surface area (Å²) in [4.78, 5) is 11.0. The zero-order valence-electron chi connectivity index (χ0n) is 12.4. The van der Waals surface area contributed by atoms with Crippen molar-refractivity contribution in [1.82, 2.24) is 20.2 Å². The van der Waals surface area contributed by atoms with E-state index in [2.05, 4.69) is 34.0 Å². The lowest BCUT2D eigenvalue weighted by Gasteiger charge is -2.48. The lowest BCUT2D eigenvalue weighted by molar-refractivity contribution is 0.0446. The van der Waals surface area contributed by atoms with Gasteiger partial charge in [0.05, 0.1) is 6.04 Å². The number of rotatable bonds is 5. The van der Waals surface area contributed by atoms with Gasteiger partial charge in [-0.2, -0.15) is 0 Å². The van der Waals surface area contributed by atoms with E-state index in [0.717, 1.165) is 6.42 Å². The molecule has 0 bridgehead atoms. The highest BCUT2D eigenvalue weighted by Gasteiger charge is 2.39. The van der Waals surface area contributed by atoms with Gasteiger partial charge < -0.3 is 5.32 Å². The Balaban J connectivity index is 2.26. The minimum atomic E-state index is 0.125. The molecular weight excluding hydrogens is 236 g/mol. The van der Waals surface area contributed by atoms with Gasteiger partial charge in [-0.25, -0.2) is 9.97 Å². The van der Waals surface area contributed by atoms with Crippen molar-refractivity contribution < 1.29 is 0 Å². The largest absolute Gasteiger partial charge is 0.311 e. The normalized spacial score (nSPS) is 21.8. The Hall–Kier alpha value is -1.00. The predicted molar refractivity (Wildman–Crippen MR) is 78.0 cm³/mol. The van der Waals surface area contributed by atoms with Gasteiger partial charge in [0.25, 0.3) is 0 Å². The van der Waals surface area contributed by atoms with Gasteiger partial charge in [0.2, 0.25) is 0 Å². The molecule has 0 saturated carbocycles. The first-order valence-corrected chi connectivity index (χ1v) is 7.39. The van der Waals surface area contributed by atoms with Crippen LogP contribution in [0, 0.1) is 0 Å². The average Bonchev–Trinajstić information content (AvgIpc) is 2.49. The second kappa shape index (κ2) is 6.44. The fraction of sp³-hybridized carbons (Fsp3) is 0.733. The molecule has 1 aliphatic heterocycles. The summed E-state index contributed by atoms with van der Waals surface area (Å²) in [5.74, 6) is 0. The van der Waals surface area contributed by atoms with Gasteiger partial charge >= 0.3 is 0 Å². The summed E-state index contributed by atoms with van der Waals surface area (Å²) in [5.41, 5.74) is 1.31. The van der Waals surface area contributed by atoms with Crippen molar-refractivity contribution in [2.75, 3.05) is 20.1 Å². The zero-order chi connectivity index (χ0) is 13.7. The Bertz CT molecular complexity index is 375. The molecule has 4 heteroatoms. The van der Waals surface area contributed by atoms with Crippen LogP contribution in [0.4, 0.5) is 0 Å². The highest BCUT2D eigenvalue weighted by molar-refractivity contribution is 5.16. The SMILES string of the molecule is CCC(C)(C(NC)c1cncnc1)N1CCCCC1. The number of hydrogen-bond acceptors (Lipinski definition) is 4. The number of likely N-dealkylation sites (tertiary alicyclic amines) is 1. The minimum absolute atomic E-state index is 0.125. The third kappa shape index (κ3) is 2.95. The monoisotopic (exact) mass is 262 g/mol. The maximum absolute atomic E-state index is 4.18. The van der Waals surface area contributed by atoms with Crippen molar-refractivity contribution in [2.24, 2.45) is 0 Å². The van der Waals surface area contributed by atoms with Crippen LogP contribution in [0.15, 0.2) is 18.7 Å². The number of likely N-dealkylation sites (N-methyl/N-ethyl adjacent to an activating group) is 1. The second-order valence-electron chi connectivity index (χ2n) is 5.65. The summed E-state index contributed by atoms with van der Waals surface area (Å²) in [7, 11) is 2.04. The number of nitrogens with one attached hydrogen (secondary N) is 1. The maximum atomic E-state index is 4.18. The van der Waals surface area contributed by atoms with Gasteiger partial charge in [-0.1, -0.05) is 13.3 Å². The van der Waals surface area contributed by atoms with E-state index in [4.69, 9.17) is 0 Å². The summed E-state index contributed by atoms with van der Waals surface area (Å²) in [6.45, 7) is 7.06. The van der Waals surface area contributed by atoms with Crippen molar-refractivity contribution in [1.29, 1.82) is 0 Å². The summed E-state index contributed by atoms with van der Waals surface area (Å²) >= 11 is 0. The van der Waals surface area contributed by atoms with Gasteiger partial charge in [-0.05, 0) is 46.3 Å². The van der Waals surface area contributed by atoms with E-state index < -0.39 is 0 Å². The van der Waals surface area contributed by atoms with E-state index in [9.17, 15) is 0 Å². The van der Waals surface area contributed by atoms with Crippen LogP contribution in [0.2, 0.25) is 0 Å². The molecule has 0 amide bonds. The molecule has 1 aromatic rings. The van der Waals surface area contributed by atoms with Crippen LogP contribution in [-0.4, -0.2) is 40.5 Å². The van der Waals surface area contributed by atoms with Crippen LogP contribution >= 0.6 is 0 Å². The molecule has 1 aliphatic rings. The topological polar surface area (TPSA) is 41.1 Å². The average molecular weight is 262 g/mol. The van der Waals surface area contributed by atoms with Crippen LogP contribution in [0.5, 0.6) is 0 Å². The number of piperidine rings is 1. The fourth-order valence-corrected chi connectivity index (χ4v) is 3.31. The number of aromatic nitrogens is 2. The molecule has 2 rings (SSSR count). The molecule has 1 saturated heterocycles. The smallest absolute Gasteiger partial charge is 0.115 e. The molecule has 0 radical (unpaired) electrons. The highest BCUT2D eigenvalue weighted by Crippen LogP contribution is 2.35. The van der Waals surface area contributed by atoms with E-state index in [1.807, 2.05) is 19.4 Å². The molecule has 1 aromatic heterocycles. The van der Waals surface area contributed by atoms with Crippen LogP contribution in [0.1, 0.15) is 51.1 Å². The first-order valence-electron chi connectivity index (χ1n) is 7.39. The summed E-state index contributed by atoms with van der Waals surface area (Å²) in [6, 6.07) is 0.275. The van der Waals surface area contributed by atoms with Crippen molar-refractivity contribution in [3.63, 3.8) is 0 Å². The molecule has 2 heterocycles. The molecule has 1 fully saturated rings. The lowest BCUT2D eigenvalue weighted by Crippen LogP contribution is -2.55. The summed E-state index contributed by atoms with van der Waals surface area (Å²) < 4.78 is 0. The molecule has 0 aromatic carbocycles. The third-order valence-corrected chi connectivity index (χ3v) is 4.62. The second-order valence-corrected chi connectivity index (χ2v) is 5.65. The maximum Gasteiger partial charge on any atom is 0.115 e. The molecule has 106 valence electrons. The molecule has 2 unspecified atom stereocenters. The zero-order valence-corrected chi connectivity index (χ0v) is 12.4. The van der Waals surface area contributed by atoms with Gasteiger partial charge in [0.15, 0.2) is 0 Å². The predicted octanol–water partition coefficient (Wildman–Crippen LogP) is 2.39. The van der Waals surface area contributed by atoms with E-state index in [1.165, 1.54) is 37.9 Å².